The normalized spacial score (nSPS) is 11.2. The van der Waals surface area contributed by atoms with Crippen molar-refractivity contribution in [2.24, 2.45) is 0 Å². The van der Waals surface area contributed by atoms with Gasteiger partial charge in [-0.25, -0.2) is 14.4 Å². The van der Waals surface area contributed by atoms with Crippen molar-refractivity contribution in [1.82, 2.24) is 15.3 Å². The topological polar surface area (TPSA) is 54.9 Å². The molecule has 2 rings (SSSR count). The Morgan fingerprint density at radius 2 is 2.10 bits per heavy atom. The van der Waals surface area contributed by atoms with Crippen LogP contribution < -0.4 is 5.32 Å². The highest BCUT2D eigenvalue weighted by Crippen LogP contribution is 2.22. The minimum absolute atomic E-state index is 0.137. The van der Waals surface area contributed by atoms with E-state index in [1.807, 2.05) is 20.8 Å². The molecule has 1 N–H and O–H groups in total. The van der Waals surface area contributed by atoms with Crippen LogP contribution >= 0.6 is 0 Å². The summed E-state index contributed by atoms with van der Waals surface area (Å²) >= 11 is 0. The molecular formula is C16H18FN3O. The van der Waals surface area contributed by atoms with Crippen molar-refractivity contribution in [2.45, 2.75) is 32.7 Å². The lowest BCUT2D eigenvalue weighted by atomic mass is 9.89. The molecule has 110 valence electrons. The van der Waals surface area contributed by atoms with Crippen LogP contribution in [-0.4, -0.2) is 15.9 Å². The number of halogens is 1. The monoisotopic (exact) mass is 287 g/mol. The average Bonchev–Trinajstić information content (AvgIpc) is 2.44. The van der Waals surface area contributed by atoms with Crippen molar-refractivity contribution in [1.29, 1.82) is 0 Å². The number of benzene rings is 1. The third-order valence-corrected chi connectivity index (χ3v) is 3.02. The number of hydrogen-bond donors (Lipinski definition) is 1. The summed E-state index contributed by atoms with van der Waals surface area (Å²) in [5.74, 6) is -0.751. The van der Waals surface area contributed by atoms with Gasteiger partial charge >= 0.3 is 0 Å². The van der Waals surface area contributed by atoms with E-state index in [4.69, 9.17) is 0 Å². The number of carbonyl (C=O) groups excluding carboxylic acids is 1. The minimum atomic E-state index is -0.430. The maximum absolute atomic E-state index is 13.1. The van der Waals surface area contributed by atoms with Crippen LogP contribution in [0.15, 0.2) is 36.8 Å². The van der Waals surface area contributed by atoms with Gasteiger partial charge in [-0.15, -0.1) is 0 Å². The molecule has 0 spiro atoms. The van der Waals surface area contributed by atoms with E-state index in [1.54, 1.807) is 12.3 Å². The zero-order valence-corrected chi connectivity index (χ0v) is 12.4. The summed E-state index contributed by atoms with van der Waals surface area (Å²) in [7, 11) is 0. The van der Waals surface area contributed by atoms with Gasteiger partial charge in [-0.1, -0.05) is 26.8 Å². The molecule has 0 saturated carbocycles. The summed E-state index contributed by atoms with van der Waals surface area (Å²) in [4.78, 5) is 20.3. The Labute approximate surface area is 123 Å². The Bertz CT molecular complexity index is 650. The van der Waals surface area contributed by atoms with E-state index in [1.165, 1.54) is 24.5 Å². The van der Waals surface area contributed by atoms with Gasteiger partial charge in [0.1, 0.15) is 12.1 Å². The summed E-state index contributed by atoms with van der Waals surface area (Å²) < 4.78 is 13.1. The maximum atomic E-state index is 13.1. The molecule has 5 heteroatoms. The zero-order chi connectivity index (χ0) is 15.5. The molecule has 0 aliphatic heterocycles. The van der Waals surface area contributed by atoms with Crippen LogP contribution in [0.3, 0.4) is 0 Å². The van der Waals surface area contributed by atoms with E-state index in [-0.39, 0.29) is 11.3 Å². The molecular weight excluding hydrogens is 269 g/mol. The Hall–Kier alpha value is -2.30. The molecule has 0 radical (unpaired) electrons. The van der Waals surface area contributed by atoms with E-state index < -0.39 is 5.82 Å². The molecule has 0 atom stereocenters. The second kappa shape index (κ2) is 5.99. The number of amides is 1. The van der Waals surface area contributed by atoms with Gasteiger partial charge < -0.3 is 5.32 Å². The molecule has 1 heterocycles. The smallest absolute Gasteiger partial charge is 0.251 e. The second-order valence-corrected chi connectivity index (χ2v) is 5.84. The van der Waals surface area contributed by atoms with Gasteiger partial charge in [0.15, 0.2) is 0 Å². The Morgan fingerprint density at radius 1 is 1.33 bits per heavy atom. The number of aromatic nitrogens is 2. The Balaban J connectivity index is 2.12. The standard InChI is InChI=1S/C16H18FN3O/c1-16(2,3)14-12(8-18-10-20-14)9-19-15(21)11-5-4-6-13(17)7-11/h4-8,10H,9H2,1-3H3,(H,19,21). The molecule has 2 aromatic rings. The van der Waals surface area contributed by atoms with Crippen LogP contribution in [0.2, 0.25) is 0 Å². The zero-order valence-electron chi connectivity index (χ0n) is 12.4. The third kappa shape index (κ3) is 3.84. The fourth-order valence-electron chi connectivity index (χ4n) is 2.07. The third-order valence-electron chi connectivity index (χ3n) is 3.02. The molecule has 0 aliphatic rings. The first kappa shape index (κ1) is 15.1. The molecule has 0 saturated heterocycles. The van der Waals surface area contributed by atoms with Crippen molar-refractivity contribution in [3.8, 4) is 0 Å². The van der Waals surface area contributed by atoms with Crippen LogP contribution in [-0.2, 0) is 12.0 Å². The molecule has 1 aromatic carbocycles. The predicted molar refractivity (Wildman–Crippen MR) is 78.3 cm³/mol. The number of rotatable bonds is 3. The first-order chi connectivity index (χ1) is 9.88. The van der Waals surface area contributed by atoms with Crippen LogP contribution in [0.1, 0.15) is 42.4 Å². The molecule has 0 unspecified atom stereocenters. The van der Waals surface area contributed by atoms with Crippen LogP contribution in [0.25, 0.3) is 0 Å². The van der Waals surface area contributed by atoms with Gasteiger partial charge in [-0.3, -0.25) is 4.79 Å². The fraction of sp³-hybridized carbons (Fsp3) is 0.312. The summed E-state index contributed by atoms with van der Waals surface area (Å²) in [6, 6.07) is 5.60. The van der Waals surface area contributed by atoms with Crippen molar-refractivity contribution < 1.29 is 9.18 Å². The molecule has 0 aliphatic carbocycles. The van der Waals surface area contributed by atoms with Crippen LogP contribution in [0.5, 0.6) is 0 Å². The van der Waals surface area contributed by atoms with Gasteiger partial charge in [0.2, 0.25) is 0 Å². The van der Waals surface area contributed by atoms with Crippen LogP contribution in [0.4, 0.5) is 4.39 Å². The second-order valence-electron chi connectivity index (χ2n) is 5.84. The van der Waals surface area contributed by atoms with Crippen molar-refractivity contribution in [2.75, 3.05) is 0 Å². The van der Waals surface area contributed by atoms with Gasteiger partial charge in [0, 0.05) is 29.3 Å². The number of carbonyl (C=O) groups is 1. The maximum Gasteiger partial charge on any atom is 0.251 e. The number of nitrogens with zero attached hydrogens (tertiary/aromatic N) is 2. The molecule has 21 heavy (non-hydrogen) atoms. The quantitative estimate of drug-likeness (QED) is 0.944. The molecule has 4 nitrogen and oxygen atoms in total. The van der Waals surface area contributed by atoms with Gasteiger partial charge in [-0.05, 0) is 18.2 Å². The Morgan fingerprint density at radius 3 is 2.76 bits per heavy atom. The molecule has 0 bridgehead atoms. The summed E-state index contributed by atoms with van der Waals surface area (Å²) in [6.07, 6.45) is 3.19. The van der Waals surface area contributed by atoms with E-state index >= 15 is 0 Å². The highest BCUT2D eigenvalue weighted by molar-refractivity contribution is 5.94. The van der Waals surface area contributed by atoms with Crippen molar-refractivity contribution in [3.05, 3.63) is 59.4 Å². The van der Waals surface area contributed by atoms with Crippen LogP contribution in [0, 0.1) is 5.82 Å². The largest absolute Gasteiger partial charge is 0.348 e. The molecule has 1 amide bonds. The first-order valence-corrected chi connectivity index (χ1v) is 6.71. The van der Waals surface area contributed by atoms with Gasteiger partial charge in [0.05, 0.1) is 5.69 Å². The molecule has 0 fully saturated rings. The number of hydrogen-bond acceptors (Lipinski definition) is 3. The van der Waals surface area contributed by atoms with E-state index in [9.17, 15) is 9.18 Å². The lowest BCUT2D eigenvalue weighted by molar-refractivity contribution is 0.0950. The van der Waals surface area contributed by atoms with E-state index in [2.05, 4.69) is 15.3 Å². The van der Waals surface area contributed by atoms with Crippen molar-refractivity contribution >= 4 is 5.91 Å². The van der Waals surface area contributed by atoms with E-state index in [0.29, 0.717) is 12.1 Å². The van der Waals surface area contributed by atoms with Crippen molar-refractivity contribution in [3.63, 3.8) is 0 Å². The van der Waals surface area contributed by atoms with Gasteiger partial charge in [-0.2, -0.15) is 0 Å². The number of nitrogens with one attached hydrogen (secondary N) is 1. The highest BCUT2D eigenvalue weighted by Gasteiger charge is 2.20. The fourth-order valence-corrected chi connectivity index (χ4v) is 2.07. The summed E-state index contributed by atoms with van der Waals surface area (Å²) in [5, 5.41) is 2.77. The summed E-state index contributed by atoms with van der Waals surface area (Å²) in [5.41, 5.74) is 1.90. The predicted octanol–water partition coefficient (Wildman–Crippen LogP) is 2.84. The summed E-state index contributed by atoms with van der Waals surface area (Å²) in [6.45, 7) is 6.45. The lowest BCUT2D eigenvalue weighted by Gasteiger charge is -2.21. The first-order valence-electron chi connectivity index (χ1n) is 6.71. The lowest BCUT2D eigenvalue weighted by Crippen LogP contribution is -2.26. The highest BCUT2D eigenvalue weighted by atomic mass is 19.1. The average molecular weight is 287 g/mol. The Kier molecular flexibility index (Phi) is 4.31. The SMILES string of the molecule is CC(C)(C)c1ncncc1CNC(=O)c1cccc(F)c1. The van der Waals surface area contributed by atoms with E-state index in [0.717, 1.165) is 11.3 Å². The minimum Gasteiger partial charge on any atom is -0.348 e. The molecule has 1 aromatic heterocycles. The van der Waals surface area contributed by atoms with Gasteiger partial charge in [0.25, 0.3) is 5.91 Å².